The highest BCUT2D eigenvalue weighted by molar-refractivity contribution is 4.82. The van der Waals surface area contributed by atoms with Crippen LogP contribution in [0.5, 0.6) is 0 Å². The molecule has 0 heterocycles. The monoisotopic (exact) mass is 170 g/mol. The molecule has 2 heteroatoms. The van der Waals surface area contributed by atoms with Crippen LogP contribution in [0.1, 0.15) is 39.5 Å². The Labute approximate surface area is 76.1 Å². The second-order valence-electron chi connectivity index (χ2n) is 3.89. The molecule has 0 aromatic carbocycles. The maximum Gasteiger partial charge on any atom is 0.0164 e. The van der Waals surface area contributed by atoms with Gasteiger partial charge in [0.15, 0.2) is 0 Å². The Hall–Kier alpha value is -0.0800. The van der Waals surface area contributed by atoms with E-state index in [1.807, 2.05) is 0 Å². The number of nitrogens with one attached hydrogen (secondary N) is 2. The predicted octanol–water partition coefficient (Wildman–Crippen LogP) is 1.52. The van der Waals surface area contributed by atoms with E-state index in [-0.39, 0.29) is 0 Å². The van der Waals surface area contributed by atoms with Crippen LogP contribution in [0.3, 0.4) is 0 Å². The summed E-state index contributed by atoms with van der Waals surface area (Å²) in [7, 11) is 0. The van der Waals surface area contributed by atoms with Crippen molar-refractivity contribution in [2.75, 3.05) is 13.1 Å². The number of rotatable bonds is 7. The third-order valence-corrected chi connectivity index (χ3v) is 2.31. The normalized spacial score (nSPS) is 19.5. The fourth-order valence-corrected chi connectivity index (χ4v) is 1.23. The molecule has 12 heavy (non-hydrogen) atoms. The first-order valence-corrected chi connectivity index (χ1v) is 5.29. The molecule has 1 aliphatic rings. The molecule has 2 N–H and O–H groups in total. The molecule has 0 spiro atoms. The van der Waals surface area contributed by atoms with Crippen LogP contribution < -0.4 is 10.6 Å². The van der Waals surface area contributed by atoms with Crippen molar-refractivity contribution in [2.45, 2.75) is 51.6 Å². The van der Waals surface area contributed by atoms with Crippen molar-refractivity contribution in [3.05, 3.63) is 0 Å². The van der Waals surface area contributed by atoms with E-state index >= 15 is 0 Å². The zero-order valence-electron chi connectivity index (χ0n) is 8.40. The van der Waals surface area contributed by atoms with Gasteiger partial charge >= 0.3 is 0 Å². The number of hydrogen-bond acceptors (Lipinski definition) is 2. The molecule has 1 rings (SSSR count). The minimum Gasteiger partial charge on any atom is -0.313 e. The Morgan fingerprint density at radius 2 is 2.17 bits per heavy atom. The van der Waals surface area contributed by atoms with Crippen molar-refractivity contribution < 1.29 is 0 Å². The minimum atomic E-state index is 0.636. The van der Waals surface area contributed by atoms with Crippen molar-refractivity contribution in [3.63, 3.8) is 0 Å². The van der Waals surface area contributed by atoms with Crippen LogP contribution in [0.4, 0.5) is 0 Å². The smallest absolute Gasteiger partial charge is 0.0164 e. The average molecular weight is 170 g/mol. The molecule has 0 saturated heterocycles. The maximum atomic E-state index is 3.52. The fourth-order valence-electron chi connectivity index (χ4n) is 1.23. The lowest BCUT2D eigenvalue weighted by Crippen LogP contribution is -2.37. The Morgan fingerprint density at radius 1 is 1.42 bits per heavy atom. The van der Waals surface area contributed by atoms with Crippen molar-refractivity contribution in [3.8, 4) is 0 Å². The Bertz CT molecular complexity index is 110. The van der Waals surface area contributed by atoms with E-state index < -0.39 is 0 Å². The van der Waals surface area contributed by atoms with E-state index in [1.165, 1.54) is 32.2 Å². The third kappa shape index (κ3) is 4.73. The first-order chi connectivity index (χ1) is 5.83. The van der Waals surface area contributed by atoms with Crippen LogP contribution in [-0.4, -0.2) is 25.2 Å². The van der Waals surface area contributed by atoms with Crippen LogP contribution in [-0.2, 0) is 0 Å². The predicted molar refractivity (Wildman–Crippen MR) is 53.4 cm³/mol. The summed E-state index contributed by atoms with van der Waals surface area (Å²) in [6, 6.07) is 1.48. The first-order valence-electron chi connectivity index (χ1n) is 5.29. The lowest BCUT2D eigenvalue weighted by molar-refractivity contribution is 0.493. The first kappa shape index (κ1) is 10.0. The SMILES string of the molecule is CCCCNC(C)CNC1CC1. The summed E-state index contributed by atoms with van der Waals surface area (Å²) in [5.74, 6) is 0. The van der Waals surface area contributed by atoms with Gasteiger partial charge in [0.25, 0.3) is 0 Å². The van der Waals surface area contributed by atoms with Crippen molar-refractivity contribution in [1.82, 2.24) is 10.6 Å². The number of unbranched alkanes of at least 4 members (excludes halogenated alkanes) is 1. The molecule has 0 amide bonds. The van der Waals surface area contributed by atoms with E-state index in [0.29, 0.717) is 6.04 Å². The molecular formula is C10H22N2. The molecule has 72 valence electrons. The van der Waals surface area contributed by atoms with Crippen molar-refractivity contribution >= 4 is 0 Å². The van der Waals surface area contributed by atoms with E-state index in [2.05, 4.69) is 24.5 Å². The minimum absolute atomic E-state index is 0.636. The van der Waals surface area contributed by atoms with Crippen molar-refractivity contribution in [1.29, 1.82) is 0 Å². The van der Waals surface area contributed by atoms with Gasteiger partial charge in [-0.1, -0.05) is 13.3 Å². The summed E-state index contributed by atoms with van der Waals surface area (Å²) in [6.45, 7) is 6.79. The Kier molecular flexibility index (Phi) is 4.62. The zero-order valence-corrected chi connectivity index (χ0v) is 8.40. The summed E-state index contributed by atoms with van der Waals surface area (Å²) >= 11 is 0. The summed E-state index contributed by atoms with van der Waals surface area (Å²) in [4.78, 5) is 0. The van der Waals surface area contributed by atoms with Gasteiger partial charge in [-0.3, -0.25) is 0 Å². The Morgan fingerprint density at radius 3 is 2.75 bits per heavy atom. The summed E-state index contributed by atoms with van der Waals surface area (Å²) in [5, 5.41) is 7.02. The topological polar surface area (TPSA) is 24.1 Å². The molecular weight excluding hydrogens is 148 g/mol. The van der Waals surface area contributed by atoms with Crippen LogP contribution in [0.15, 0.2) is 0 Å². The second kappa shape index (κ2) is 5.55. The molecule has 1 fully saturated rings. The number of hydrogen-bond donors (Lipinski definition) is 2. The second-order valence-corrected chi connectivity index (χ2v) is 3.89. The molecule has 0 bridgehead atoms. The molecule has 0 aliphatic heterocycles. The van der Waals surface area contributed by atoms with Gasteiger partial charge in [0.1, 0.15) is 0 Å². The molecule has 0 radical (unpaired) electrons. The van der Waals surface area contributed by atoms with Gasteiger partial charge in [-0.25, -0.2) is 0 Å². The van der Waals surface area contributed by atoms with Gasteiger partial charge < -0.3 is 10.6 Å². The highest BCUT2D eigenvalue weighted by atomic mass is 15.0. The van der Waals surface area contributed by atoms with E-state index in [9.17, 15) is 0 Å². The van der Waals surface area contributed by atoms with Crippen LogP contribution >= 0.6 is 0 Å². The van der Waals surface area contributed by atoms with E-state index in [4.69, 9.17) is 0 Å². The highest BCUT2D eigenvalue weighted by Crippen LogP contribution is 2.18. The van der Waals surface area contributed by atoms with Crippen molar-refractivity contribution in [2.24, 2.45) is 0 Å². The van der Waals surface area contributed by atoms with E-state index in [0.717, 1.165) is 12.6 Å². The quantitative estimate of drug-likeness (QED) is 0.566. The van der Waals surface area contributed by atoms with Crippen LogP contribution in [0, 0.1) is 0 Å². The molecule has 2 nitrogen and oxygen atoms in total. The van der Waals surface area contributed by atoms with Gasteiger partial charge in [-0.05, 0) is 32.7 Å². The van der Waals surface area contributed by atoms with Gasteiger partial charge in [0, 0.05) is 18.6 Å². The molecule has 1 atom stereocenters. The average Bonchev–Trinajstić information content (AvgIpc) is 2.84. The van der Waals surface area contributed by atoms with Gasteiger partial charge in [-0.15, -0.1) is 0 Å². The van der Waals surface area contributed by atoms with Gasteiger partial charge in [0.2, 0.25) is 0 Å². The summed E-state index contributed by atoms with van der Waals surface area (Å²) in [5.41, 5.74) is 0. The third-order valence-electron chi connectivity index (χ3n) is 2.31. The lowest BCUT2D eigenvalue weighted by Gasteiger charge is -2.13. The largest absolute Gasteiger partial charge is 0.313 e. The highest BCUT2D eigenvalue weighted by Gasteiger charge is 2.20. The standard InChI is InChI=1S/C10H22N2/c1-3-4-7-11-9(2)8-12-10-5-6-10/h9-12H,3-8H2,1-2H3. The molecule has 1 aliphatic carbocycles. The molecule has 0 aromatic rings. The van der Waals surface area contributed by atoms with E-state index in [1.54, 1.807) is 0 Å². The lowest BCUT2D eigenvalue weighted by atomic mass is 10.3. The van der Waals surface area contributed by atoms with Gasteiger partial charge in [0.05, 0.1) is 0 Å². The zero-order chi connectivity index (χ0) is 8.81. The van der Waals surface area contributed by atoms with Crippen LogP contribution in [0.2, 0.25) is 0 Å². The maximum absolute atomic E-state index is 3.52. The fraction of sp³-hybridized carbons (Fsp3) is 1.00. The van der Waals surface area contributed by atoms with Crippen LogP contribution in [0.25, 0.3) is 0 Å². The summed E-state index contributed by atoms with van der Waals surface area (Å²) in [6.07, 6.45) is 5.37. The summed E-state index contributed by atoms with van der Waals surface area (Å²) < 4.78 is 0. The Balaban J connectivity index is 1.84. The molecule has 1 saturated carbocycles. The molecule has 1 unspecified atom stereocenters. The molecule has 0 aromatic heterocycles. The van der Waals surface area contributed by atoms with Gasteiger partial charge in [-0.2, -0.15) is 0 Å².